The van der Waals surface area contributed by atoms with Crippen molar-refractivity contribution in [1.29, 1.82) is 0 Å². The number of hydrogen-bond donors (Lipinski definition) is 1. The molecule has 0 aromatic carbocycles. The molecule has 1 N–H and O–H groups in total. The van der Waals surface area contributed by atoms with Crippen LogP contribution in [0.1, 0.15) is 49.3 Å². The molecule has 1 aromatic rings. The van der Waals surface area contributed by atoms with Gasteiger partial charge in [-0.1, -0.05) is 6.42 Å². The van der Waals surface area contributed by atoms with E-state index in [9.17, 15) is 4.79 Å². The second kappa shape index (κ2) is 6.39. The standard InChI is InChI=1S/C15H26N4O/c1-11(2)19(10-13-7-5-6-8-16-13)15(20)14-9-12(3)17-18(14)4/h9,11,13,16H,5-8,10H2,1-4H3. The SMILES string of the molecule is Cc1cc(C(=O)N(CC2CCCCN2)C(C)C)n(C)n1. The molecule has 20 heavy (non-hydrogen) atoms. The van der Waals surface area contributed by atoms with E-state index in [4.69, 9.17) is 0 Å². The molecule has 5 nitrogen and oxygen atoms in total. The summed E-state index contributed by atoms with van der Waals surface area (Å²) < 4.78 is 1.68. The molecular weight excluding hydrogens is 252 g/mol. The Morgan fingerprint density at radius 1 is 1.55 bits per heavy atom. The Labute approximate surface area is 121 Å². The molecule has 0 aliphatic carbocycles. The van der Waals surface area contributed by atoms with Crippen LogP contribution in [-0.4, -0.2) is 45.8 Å². The van der Waals surface area contributed by atoms with Gasteiger partial charge in [-0.2, -0.15) is 5.10 Å². The zero-order valence-electron chi connectivity index (χ0n) is 13.0. The number of rotatable bonds is 4. The van der Waals surface area contributed by atoms with E-state index in [2.05, 4.69) is 24.3 Å². The molecule has 112 valence electrons. The molecule has 1 saturated heterocycles. The maximum absolute atomic E-state index is 12.7. The largest absolute Gasteiger partial charge is 0.333 e. The van der Waals surface area contributed by atoms with Crippen molar-refractivity contribution < 1.29 is 4.79 Å². The molecule has 1 aliphatic heterocycles. The highest BCUT2D eigenvalue weighted by atomic mass is 16.2. The number of carbonyl (C=O) groups excluding carboxylic acids is 1. The minimum Gasteiger partial charge on any atom is -0.333 e. The third-order valence-electron chi connectivity index (χ3n) is 3.93. The third kappa shape index (κ3) is 3.39. The highest BCUT2D eigenvalue weighted by molar-refractivity contribution is 5.93. The molecule has 1 unspecified atom stereocenters. The quantitative estimate of drug-likeness (QED) is 0.912. The summed E-state index contributed by atoms with van der Waals surface area (Å²) >= 11 is 0. The number of amides is 1. The van der Waals surface area contributed by atoms with Gasteiger partial charge < -0.3 is 10.2 Å². The first-order valence-electron chi connectivity index (χ1n) is 7.54. The van der Waals surface area contributed by atoms with Gasteiger partial charge in [0.1, 0.15) is 5.69 Å². The fourth-order valence-corrected chi connectivity index (χ4v) is 2.80. The average Bonchev–Trinajstić information content (AvgIpc) is 2.75. The molecule has 0 radical (unpaired) electrons. The average molecular weight is 278 g/mol. The molecule has 1 aromatic heterocycles. The Kier molecular flexibility index (Phi) is 4.81. The van der Waals surface area contributed by atoms with Crippen molar-refractivity contribution in [3.05, 3.63) is 17.5 Å². The Bertz CT molecular complexity index is 460. The zero-order valence-corrected chi connectivity index (χ0v) is 13.0. The minimum atomic E-state index is 0.0791. The smallest absolute Gasteiger partial charge is 0.272 e. The third-order valence-corrected chi connectivity index (χ3v) is 3.93. The Balaban J connectivity index is 2.11. The second-order valence-electron chi connectivity index (χ2n) is 5.99. The summed E-state index contributed by atoms with van der Waals surface area (Å²) in [5.41, 5.74) is 1.56. The topological polar surface area (TPSA) is 50.2 Å². The van der Waals surface area contributed by atoms with E-state index in [1.807, 2.05) is 24.9 Å². The zero-order chi connectivity index (χ0) is 14.7. The number of aryl methyl sites for hydroxylation is 2. The van der Waals surface area contributed by atoms with Crippen LogP contribution in [-0.2, 0) is 7.05 Å². The molecule has 1 fully saturated rings. The van der Waals surface area contributed by atoms with E-state index < -0.39 is 0 Å². The highest BCUT2D eigenvalue weighted by Crippen LogP contribution is 2.14. The van der Waals surface area contributed by atoms with Crippen LogP contribution in [0.15, 0.2) is 6.07 Å². The van der Waals surface area contributed by atoms with Crippen LogP contribution >= 0.6 is 0 Å². The maximum Gasteiger partial charge on any atom is 0.272 e. The lowest BCUT2D eigenvalue weighted by atomic mass is 10.0. The molecule has 0 bridgehead atoms. The Hall–Kier alpha value is -1.36. The van der Waals surface area contributed by atoms with Gasteiger partial charge in [-0.05, 0) is 46.2 Å². The first-order chi connectivity index (χ1) is 9.49. The lowest BCUT2D eigenvalue weighted by molar-refractivity contribution is 0.0665. The predicted molar refractivity (Wildman–Crippen MR) is 79.8 cm³/mol. The highest BCUT2D eigenvalue weighted by Gasteiger charge is 2.25. The Morgan fingerprint density at radius 3 is 2.80 bits per heavy atom. The first kappa shape index (κ1) is 15.0. The number of nitrogens with zero attached hydrogens (tertiary/aromatic N) is 3. The van der Waals surface area contributed by atoms with Gasteiger partial charge >= 0.3 is 0 Å². The van der Waals surface area contributed by atoms with Crippen LogP contribution in [0.25, 0.3) is 0 Å². The normalized spacial score (nSPS) is 19.4. The summed E-state index contributed by atoms with van der Waals surface area (Å²) in [6.45, 7) is 7.91. The lowest BCUT2D eigenvalue weighted by Gasteiger charge is -2.33. The van der Waals surface area contributed by atoms with Crippen LogP contribution in [0.4, 0.5) is 0 Å². The van der Waals surface area contributed by atoms with Gasteiger partial charge in [0.05, 0.1) is 5.69 Å². The molecule has 1 amide bonds. The fraction of sp³-hybridized carbons (Fsp3) is 0.733. The maximum atomic E-state index is 12.7. The van der Waals surface area contributed by atoms with E-state index in [0.717, 1.165) is 25.2 Å². The molecule has 2 heterocycles. The van der Waals surface area contributed by atoms with Crippen LogP contribution < -0.4 is 5.32 Å². The van der Waals surface area contributed by atoms with Crippen molar-refractivity contribution in [2.75, 3.05) is 13.1 Å². The monoisotopic (exact) mass is 278 g/mol. The molecule has 0 saturated carbocycles. The molecule has 0 spiro atoms. The van der Waals surface area contributed by atoms with Crippen molar-refractivity contribution in [3.8, 4) is 0 Å². The molecule has 1 atom stereocenters. The van der Waals surface area contributed by atoms with E-state index in [1.165, 1.54) is 12.8 Å². The van der Waals surface area contributed by atoms with E-state index >= 15 is 0 Å². The number of carbonyl (C=O) groups is 1. The van der Waals surface area contributed by atoms with Crippen molar-refractivity contribution in [1.82, 2.24) is 20.0 Å². The summed E-state index contributed by atoms with van der Waals surface area (Å²) in [7, 11) is 1.83. The van der Waals surface area contributed by atoms with Crippen LogP contribution in [0.3, 0.4) is 0 Å². The Morgan fingerprint density at radius 2 is 2.30 bits per heavy atom. The van der Waals surface area contributed by atoms with E-state index in [0.29, 0.717) is 11.7 Å². The van der Waals surface area contributed by atoms with Crippen molar-refractivity contribution >= 4 is 5.91 Å². The summed E-state index contributed by atoms with van der Waals surface area (Å²) in [5.74, 6) is 0.0791. The van der Waals surface area contributed by atoms with Gasteiger partial charge in [0, 0.05) is 25.7 Å². The minimum absolute atomic E-state index is 0.0791. The van der Waals surface area contributed by atoms with Crippen LogP contribution in [0.5, 0.6) is 0 Å². The van der Waals surface area contributed by atoms with Crippen molar-refractivity contribution in [3.63, 3.8) is 0 Å². The van der Waals surface area contributed by atoms with Gasteiger partial charge in [-0.3, -0.25) is 9.48 Å². The van der Waals surface area contributed by atoms with Gasteiger partial charge in [-0.15, -0.1) is 0 Å². The van der Waals surface area contributed by atoms with Gasteiger partial charge in [0.2, 0.25) is 0 Å². The number of nitrogens with one attached hydrogen (secondary N) is 1. The van der Waals surface area contributed by atoms with Gasteiger partial charge in [0.25, 0.3) is 5.91 Å². The summed E-state index contributed by atoms with van der Waals surface area (Å²) in [6.07, 6.45) is 3.65. The van der Waals surface area contributed by atoms with Crippen LogP contribution in [0, 0.1) is 6.92 Å². The number of piperidine rings is 1. The van der Waals surface area contributed by atoms with Gasteiger partial charge in [0.15, 0.2) is 0 Å². The second-order valence-corrected chi connectivity index (χ2v) is 5.99. The molecule has 5 heteroatoms. The summed E-state index contributed by atoms with van der Waals surface area (Å²) in [6, 6.07) is 2.48. The van der Waals surface area contributed by atoms with Gasteiger partial charge in [-0.25, -0.2) is 0 Å². The van der Waals surface area contributed by atoms with E-state index in [-0.39, 0.29) is 11.9 Å². The molecule has 1 aliphatic rings. The van der Waals surface area contributed by atoms with E-state index in [1.54, 1.807) is 4.68 Å². The summed E-state index contributed by atoms with van der Waals surface area (Å²) in [4.78, 5) is 14.7. The van der Waals surface area contributed by atoms with Crippen molar-refractivity contribution in [2.24, 2.45) is 7.05 Å². The summed E-state index contributed by atoms with van der Waals surface area (Å²) in [5, 5.41) is 7.79. The number of aromatic nitrogens is 2. The first-order valence-corrected chi connectivity index (χ1v) is 7.54. The predicted octanol–water partition coefficient (Wildman–Crippen LogP) is 1.72. The number of hydrogen-bond acceptors (Lipinski definition) is 3. The van der Waals surface area contributed by atoms with Crippen molar-refractivity contribution in [2.45, 2.75) is 52.1 Å². The van der Waals surface area contributed by atoms with Crippen LogP contribution in [0.2, 0.25) is 0 Å². The lowest BCUT2D eigenvalue weighted by Crippen LogP contribution is -2.48. The fourth-order valence-electron chi connectivity index (χ4n) is 2.80. The molecule has 2 rings (SSSR count). The molecular formula is C15H26N4O.